The van der Waals surface area contributed by atoms with Crippen molar-refractivity contribution in [2.45, 2.75) is 65.4 Å². The summed E-state index contributed by atoms with van der Waals surface area (Å²) >= 11 is 0. The standard InChI is InChI=1S/C10H30O5Si5/c1-16(2)11-17(3,4)13-19(7,8)15-20(9,10)14-18(5,6)12-16/h1-10H3/i1D2,2D3. The van der Waals surface area contributed by atoms with Crippen molar-refractivity contribution in [1.82, 2.24) is 0 Å². The molecule has 0 aromatic rings. The van der Waals surface area contributed by atoms with Crippen LogP contribution in [0.25, 0.3) is 0 Å². The first-order valence-electron chi connectivity index (χ1n) is 9.23. The Balaban J connectivity index is 3.55. The van der Waals surface area contributed by atoms with Gasteiger partial charge in [0.25, 0.3) is 0 Å². The molecule has 1 aliphatic heterocycles. The topological polar surface area (TPSA) is 46.2 Å². The molecule has 1 heterocycles. The fourth-order valence-corrected chi connectivity index (χ4v) is 25.4. The SMILES string of the molecule is [2H]C([2H])[Si]1(C([2H])([2H])[2H])O[Si](C)(C)O[Si](C)(C)O[Si](C)(C)O[Si](C)(C)O1. The van der Waals surface area contributed by atoms with Crippen LogP contribution in [0.4, 0.5) is 0 Å². The van der Waals surface area contributed by atoms with Gasteiger partial charge < -0.3 is 20.6 Å². The van der Waals surface area contributed by atoms with Gasteiger partial charge >= 0.3 is 42.8 Å². The normalized spacial score (nSPS) is 36.0. The summed E-state index contributed by atoms with van der Waals surface area (Å²) < 4.78 is 70.4. The van der Waals surface area contributed by atoms with E-state index in [4.69, 9.17) is 27.4 Å². The van der Waals surface area contributed by atoms with E-state index in [1.54, 1.807) is 26.2 Å². The molecule has 0 spiro atoms. The van der Waals surface area contributed by atoms with Crippen molar-refractivity contribution in [3.05, 3.63) is 0 Å². The molecule has 120 valence electrons. The van der Waals surface area contributed by atoms with Gasteiger partial charge in [-0.1, -0.05) is 0 Å². The Labute approximate surface area is 136 Å². The van der Waals surface area contributed by atoms with Crippen LogP contribution in [0, 0.1) is 0 Å². The maximum atomic E-state index is 7.98. The molecule has 0 radical (unpaired) electrons. The zero-order valence-corrected chi connectivity index (χ0v) is 18.6. The minimum Gasteiger partial charge on any atom is -0.416 e. The molecule has 1 saturated heterocycles. The van der Waals surface area contributed by atoms with Gasteiger partial charge in [0.05, 0.1) is 0 Å². The molecule has 1 rings (SSSR count). The lowest BCUT2D eigenvalue weighted by atomic mass is 11.9. The van der Waals surface area contributed by atoms with Crippen LogP contribution in [0.5, 0.6) is 0 Å². The molecule has 0 N–H and O–H groups in total. The van der Waals surface area contributed by atoms with Gasteiger partial charge in [0.15, 0.2) is 0 Å². The van der Waals surface area contributed by atoms with Crippen LogP contribution >= 0.6 is 0 Å². The van der Waals surface area contributed by atoms with Crippen molar-refractivity contribution < 1.29 is 27.4 Å². The molecule has 0 amide bonds. The van der Waals surface area contributed by atoms with Crippen molar-refractivity contribution in [1.29, 1.82) is 0 Å². The first kappa shape index (κ1) is 12.3. The Hall–Kier alpha value is 0.884. The second kappa shape index (κ2) is 5.51. The highest BCUT2D eigenvalue weighted by atomic mass is 28.5. The van der Waals surface area contributed by atoms with Crippen LogP contribution < -0.4 is 0 Å². The fourth-order valence-electron chi connectivity index (χ4n) is 2.61. The van der Waals surface area contributed by atoms with Gasteiger partial charge in [-0.25, -0.2) is 0 Å². The predicted octanol–water partition coefficient (Wildman–Crippen LogP) is 3.59. The Morgan fingerprint density at radius 3 is 0.950 bits per heavy atom. The molecule has 0 bridgehead atoms. The third kappa shape index (κ3) is 6.33. The third-order valence-electron chi connectivity index (χ3n) is 2.27. The van der Waals surface area contributed by atoms with Gasteiger partial charge in [0.2, 0.25) is 0 Å². The van der Waals surface area contributed by atoms with E-state index in [1.165, 1.54) is 0 Å². The highest BCUT2D eigenvalue weighted by molar-refractivity contribution is 6.92. The fraction of sp³-hybridized carbons (Fsp3) is 1.00. The maximum absolute atomic E-state index is 7.98. The van der Waals surface area contributed by atoms with Gasteiger partial charge in [0, 0.05) is 6.85 Å². The average molecular weight is 376 g/mol. The molecular weight excluding hydrogens is 341 g/mol. The molecule has 10 heteroatoms. The Morgan fingerprint density at radius 1 is 0.500 bits per heavy atom. The number of hydrogen-bond acceptors (Lipinski definition) is 5. The van der Waals surface area contributed by atoms with Crippen molar-refractivity contribution in [2.24, 2.45) is 0 Å². The first-order chi connectivity index (χ1) is 10.7. The largest absolute Gasteiger partial charge is 0.416 e. The second-order valence-corrected chi connectivity index (χ2v) is 23.4. The molecule has 0 aromatic heterocycles. The summed E-state index contributed by atoms with van der Waals surface area (Å²) in [7, 11) is -15.7. The maximum Gasteiger partial charge on any atom is 0.314 e. The summed E-state index contributed by atoms with van der Waals surface area (Å²) in [6, 6.07) is 0. The molecule has 0 atom stereocenters. The highest BCUT2D eigenvalue weighted by Gasteiger charge is 2.50. The summed E-state index contributed by atoms with van der Waals surface area (Å²) in [6.45, 7) is 9.89. The Kier molecular flexibility index (Phi) is 3.39. The molecule has 0 unspecified atom stereocenters. The lowest BCUT2D eigenvalue weighted by Crippen LogP contribution is -2.64. The van der Waals surface area contributed by atoms with Crippen LogP contribution in [0.15, 0.2) is 0 Å². The summed E-state index contributed by atoms with van der Waals surface area (Å²) in [5, 5.41) is 0. The second-order valence-electron chi connectivity index (χ2n) is 6.78. The van der Waals surface area contributed by atoms with Crippen molar-refractivity contribution >= 4 is 42.8 Å². The van der Waals surface area contributed by atoms with E-state index in [9.17, 15) is 0 Å². The van der Waals surface area contributed by atoms with Crippen molar-refractivity contribution in [3.63, 3.8) is 0 Å². The average Bonchev–Trinajstić information content (AvgIpc) is 2.17. The summed E-state index contributed by atoms with van der Waals surface area (Å²) in [5.41, 5.74) is 0. The van der Waals surface area contributed by atoms with Crippen LogP contribution in [-0.2, 0) is 20.6 Å². The molecule has 0 saturated carbocycles. The quantitative estimate of drug-likeness (QED) is 0.605. The molecule has 0 aromatic carbocycles. The monoisotopic (exact) mass is 375 g/mol. The summed E-state index contributed by atoms with van der Waals surface area (Å²) in [5.74, 6) is 0. The van der Waals surface area contributed by atoms with Gasteiger partial charge in [0.1, 0.15) is 0 Å². The molecule has 0 aliphatic carbocycles. The van der Waals surface area contributed by atoms with Crippen molar-refractivity contribution in [2.75, 3.05) is 0 Å². The third-order valence-corrected chi connectivity index (χ3v) is 20.4. The zero-order chi connectivity index (χ0) is 20.1. The summed E-state index contributed by atoms with van der Waals surface area (Å²) in [4.78, 5) is 0. The number of hydrogen-bond donors (Lipinski definition) is 0. The van der Waals surface area contributed by atoms with Gasteiger partial charge in [-0.3, -0.25) is 0 Å². The van der Waals surface area contributed by atoms with E-state index >= 15 is 0 Å². The molecular formula is C10H30O5Si5. The van der Waals surface area contributed by atoms with E-state index in [0.717, 1.165) is 0 Å². The smallest absolute Gasteiger partial charge is 0.314 e. The molecule has 20 heavy (non-hydrogen) atoms. The van der Waals surface area contributed by atoms with Gasteiger partial charge in [-0.05, 0) is 65.4 Å². The number of rotatable bonds is 0. The molecule has 1 fully saturated rings. The van der Waals surface area contributed by atoms with E-state index < -0.39 is 55.8 Å². The molecule has 5 nitrogen and oxygen atoms in total. The minimum absolute atomic E-state index is 1.72. The van der Waals surface area contributed by atoms with E-state index in [1.807, 2.05) is 26.2 Å². The van der Waals surface area contributed by atoms with Crippen LogP contribution in [0.2, 0.25) is 65.4 Å². The van der Waals surface area contributed by atoms with Crippen LogP contribution in [0.1, 0.15) is 6.85 Å². The lowest BCUT2D eigenvalue weighted by Gasteiger charge is -2.46. The minimum atomic E-state index is -4.30. The van der Waals surface area contributed by atoms with E-state index in [2.05, 4.69) is 0 Å². The summed E-state index contributed by atoms with van der Waals surface area (Å²) in [6.07, 6.45) is 0. The highest BCUT2D eigenvalue weighted by Crippen LogP contribution is 2.30. The van der Waals surface area contributed by atoms with E-state index in [0.29, 0.717) is 0 Å². The lowest BCUT2D eigenvalue weighted by molar-refractivity contribution is 0.239. The molecule has 1 aliphatic rings. The zero-order valence-electron chi connectivity index (χ0n) is 18.6. The van der Waals surface area contributed by atoms with Crippen LogP contribution in [-0.4, -0.2) is 42.8 Å². The van der Waals surface area contributed by atoms with Gasteiger partial charge in [-0.2, -0.15) is 0 Å². The first-order valence-corrected chi connectivity index (χ1v) is 19.7. The Morgan fingerprint density at radius 2 is 0.750 bits per heavy atom. The Bertz CT molecular complexity index is 469. The van der Waals surface area contributed by atoms with E-state index in [-0.39, 0.29) is 0 Å². The van der Waals surface area contributed by atoms with Crippen molar-refractivity contribution in [3.8, 4) is 0 Å². The van der Waals surface area contributed by atoms with Crippen LogP contribution in [0.3, 0.4) is 0 Å². The van der Waals surface area contributed by atoms with Gasteiger partial charge in [-0.15, -0.1) is 0 Å². The predicted molar refractivity (Wildman–Crippen MR) is 92.8 cm³/mol.